The summed E-state index contributed by atoms with van der Waals surface area (Å²) < 4.78 is 5.47. The Morgan fingerprint density at radius 1 is 1.26 bits per heavy atom. The molecule has 1 aliphatic rings. The number of benzene rings is 2. The van der Waals surface area contributed by atoms with Gasteiger partial charge in [-0.15, -0.1) is 0 Å². The van der Waals surface area contributed by atoms with Crippen LogP contribution in [0.15, 0.2) is 36.4 Å². The maximum atomic E-state index is 12.7. The SMILES string of the molecule is C[C@@H]1Oc2ccc(NC(=O)c3cc([N+](=O)[O-])ccc3N(C)C)cc2NC1=O. The van der Waals surface area contributed by atoms with E-state index < -0.39 is 16.9 Å². The standard InChI is InChI=1S/C18H18N4O5/c1-10-17(23)20-14-8-11(4-7-16(14)27-10)19-18(24)13-9-12(22(25)26)5-6-15(13)21(2)3/h4-10H,1-3H3,(H,19,24)(H,20,23)/t10-/m0/s1. The van der Waals surface area contributed by atoms with Crippen molar-refractivity contribution in [2.45, 2.75) is 13.0 Å². The predicted molar refractivity (Wildman–Crippen MR) is 101 cm³/mol. The molecule has 0 aliphatic carbocycles. The Morgan fingerprint density at radius 3 is 2.67 bits per heavy atom. The summed E-state index contributed by atoms with van der Waals surface area (Å²) in [6, 6.07) is 8.95. The number of amides is 2. The van der Waals surface area contributed by atoms with Gasteiger partial charge in [-0.1, -0.05) is 0 Å². The number of nitro groups is 1. The van der Waals surface area contributed by atoms with Crippen molar-refractivity contribution in [3.8, 4) is 5.75 Å². The van der Waals surface area contributed by atoms with E-state index in [1.807, 2.05) is 0 Å². The second kappa shape index (κ2) is 6.94. The molecule has 2 N–H and O–H groups in total. The number of nitrogens with one attached hydrogen (secondary N) is 2. The first kappa shape index (κ1) is 18.2. The molecule has 2 aromatic rings. The van der Waals surface area contributed by atoms with E-state index in [9.17, 15) is 19.7 Å². The van der Waals surface area contributed by atoms with Crippen LogP contribution in [0.25, 0.3) is 0 Å². The third kappa shape index (κ3) is 3.66. The lowest BCUT2D eigenvalue weighted by molar-refractivity contribution is -0.384. The van der Waals surface area contributed by atoms with Crippen molar-refractivity contribution < 1.29 is 19.2 Å². The molecule has 2 aromatic carbocycles. The molecule has 0 saturated carbocycles. The number of nitrogens with zero attached hydrogens (tertiary/aromatic N) is 2. The van der Waals surface area contributed by atoms with Crippen molar-refractivity contribution >= 4 is 34.6 Å². The lowest BCUT2D eigenvalue weighted by Gasteiger charge is -2.23. The summed E-state index contributed by atoms with van der Waals surface area (Å²) in [4.78, 5) is 36.6. The fourth-order valence-corrected chi connectivity index (χ4v) is 2.69. The highest BCUT2D eigenvalue weighted by Crippen LogP contribution is 2.33. The minimum atomic E-state index is -0.592. The van der Waals surface area contributed by atoms with Crippen LogP contribution < -0.4 is 20.3 Å². The van der Waals surface area contributed by atoms with Gasteiger partial charge < -0.3 is 20.3 Å². The number of non-ortho nitro benzene ring substituents is 1. The van der Waals surface area contributed by atoms with Crippen molar-refractivity contribution in [3.63, 3.8) is 0 Å². The van der Waals surface area contributed by atoms with Gasteiger partial charge >= 0.3 is 0 Å². The van der Waals surface area contributed by atoms with Crippen LogP contribution in [0.3, 0.4) is 0 Å². The smallest absolute Gasteiger partial charge is 0.270 e. The van der Waals surface area contributed by atoms with Gasteiger partial charge in [0.1, 0.15) is 5.75 Å². The molecular weight excluding hydrogens is 352 g/mol. The molecule has 27 heavy (non-hydrogen) atoms. The molecule has 1 heterocycles. The summed E-state index contributed by atoms with van der Waals surface area (Å²) >= 11 is 0. The lowest BCUT2D eigenvalue weighted by atomic mass is 10.1. The normalized spacial score (nSPS) is 15.2. The van der Waals surface area contributed by atoms with E-state index in [2.05, 4.69) is 10.6 Å². The molecule has 140 valence electrons. The number of hydrogen-bond acceptors (Lipinski definition) is 6. The molecule has 9 heteroatoms. The molecule has 2 amide bonds. The average Bonchev–Trinajstić information content (AvgIpc) is 2.62. The van der Waals surface area contributed by atoms with E-state index in [4.69, 9.17) is 4.74 Å². The van der Waals surface area contributed by atoms with Gasteiger partial charge in [-0.2, -0.15) is 0 Å². The Kier molecular flexibility index (Phi) is 4.68. The van der Waals surface area contributed by atoms with E-state index in [1.165, 1.54) is 18.2 Å². The largest absolute Gasteiger partial charge is 0.479 e. The van der Waals surface area contributed by atoms with Crippen molar-refractivity contribution in [2.24, 2.45) is 0 Å². The number of anilines is 3. The summed E-state index contributed by atoms with van der Waals surface area (Å²) in [5, 5.41) is 16.4. The second-order valence-corrected chi connectivity index (χ2v) is 6.27. The van der Waals surface area contributed by atoms with Gasteiger partial charge in [0.15, 0.2) is 6.10 Å². The number of carbonyl (C=O) groups excluding carboxylic acids is 2. The van der Waals surface area contributed by atoms with Gasteiger partial charge in [-0.25, -0.2) is 0 Å². The van der Waals surface area contributed by atoms with Crippen LogP contribution in [-0.4, -0.2) is 36.9 Å². The Hall–Kier alpha value is -3.62. The molecule has 1 aliphatic heterocycles. The molecule has 0 radical (unpaired) electrons. The number of carbonyl (C=O) groups is 2. The van der Waals surface area contributed by atoms with Gasteiger partial charge in [0, 0.05) is 37.6 Å². The quantitative estimate of drug-likeness (QED) is 0.632. The van der Waals surface area contributed by atoms with Crippen LogP contribution >= 0.6 is 0 Å². The number of nitro benzene ring substituents is 1. The van der Waals surface area contributed by atoms with Crippen LogP contribution in [0.4, 0.5) is 22.7 Å². The van der Waals surface area contributed by atoms with E-state index in [1.54, 1.807) is 44.1 Å². The zero-order valence-electron chi connectivity index (χ0n) is 15.0. The molecular formula is C18H18N4O5. The van der Waals surface area contributed by atoms with Crippen LogP contribution in [0.1, 0.15) is 17.3 Å². The van der Waals surface area contributed by atoms with Crippen LogP contribution in [0.2, 0.25) is 0 Å². The first-order chi connectivity index (χ1) is 12.8. The molecule has 0 spiro atoms. The fraction of sp³-hybridized carbons (Fsp3) is 0.222. The van der Waals surface area contributed by atoms with Gasteiger partial charge in [0.05, 0.1) is 16.2 Å². The Bertz CT molecular complexity index is 941. The highest BCUT2D eigenvalue weighted by molar-refractivity contribution is 6.09. The minimum absolute atomic E-state index is 0.167. The predicted octanol–water partition coefficient (Wildman–Crippen LogP) is 2.63. The molecule has 3 rings (SSSR count). The third-order valence-electron chi connectivity index (χ3n) is 4.09. The van der Waals surface area contributed by atoms with Crippen LogP contribution in [-0.2, 0) is 4.79 Å². The minimum Gasteiger partial charge on any atom is -0.479 e. The maximum absolute atomic E-state index is 12.7. The maximum Gasteiger partial charge on any atom is 0.270 e. The fourth-order valence-electron chi connectivity index (χ4n) is 2.69. The molecule has 0 fully saturated rings. The highest BCUT2D eigenvalue weighted by Gasteiger charge is 2.24. The Labute approximate surface area is 155 Å². The third-order valence-corrected chi connectivity index (χ3v) is 4.09. The van der Waals surface area contributed by atoms with E-state index in [0.29, 0.717) is 22.8 Å². The Balaban J connectivity index is 1.90. The summed E-state index contributed by atoms with van der Waals surface area (Å²) in [6.45, 7) is 1.64. The zero-order chi connectivity index (χ0) is 19.7. The molecule has 0 bridgehead atoms. The molecule has 0 saturated heterocycles. The van der Waals surface area contributed by atoms with Crippen molar-refractivity contribution in [2.75, 3.05) is 29.6 Å². The highest BCUT2D eigenvalue weighted by atomic mass is 16.6. The van der Waals surface area contributed by atoms with E-state index in [-0.39, 0.29) is 17.2 Å². The summed E-state index contributed by atoms with van der Waals surface area (Å²) in [6.07, 6.45) is -0.592. The van der Waals surface area contributed by atoms with Gasteiger partial charge in [-0.3, -0.25) is 19.7 Å². The van der Waals surface area contributed by atoms with Gasteiger partial charge in [0.25, 0.3) is 17.5 Å². The van der Waals surface area contributed by atoms with Crippen LogP contribution in [0, 0.1) is 10.1 Å². The Morgan fingerprint density at radius 2 is 2.00 bits per heavy atom. The average molecular weight is 370 g/mol. The van der Waals surface area contributed by atoms with Crippen molar-refractivity contribution in [3.05, 3.63) is 52.1 Å². The zero-order valence-corrected chi connectivity index (χ0v) is 15.0. The summed E-state index contributed by atoms with van der Waals surface area (Å²) in [5.74, 6) is -0.275. The van der Waals surface area contributed by atoms with Crippen molar-refractivity contribution in [1.29, 1.82) is 0 Å². The van der Waals surface area contributed by atoms with E-state index in [0.717, 1.165) is 0 Å². The second-order valence-electron chi connectivity index (χ2n) is 6.27. The lowest BCUT2D eigenvalue weighted by Crippen LogP contribution is -2.34. The number of hydrogen-bond donors (Lipinski definition) is 2. The topological polar surface area (TPSA) is 114 Å². The number of fused-ring (bicyclic) bond motifs is 1. The first-order valence-electron chi connectivity index (χ1n) is 8.15. The number of ether oxygens (including phenoxy) is 1. The van der Waals surface area contributed by atoms with Crippen LogP contribution in [0.5, 0.6) is 5.75 Å². The van der Waals surface area contributed by atoms with Crippen molar-refractivity contribution in [1.82, 2.24) is 0 Å². The first-order valence-corrected chi connectivity index (χ1v) is 8.15. The number of rotatable bonds is 4. The van der Waals surface area contributed by atoms with E-state index >= 15 is 0 Å². The molecule has 1 atom stereocenters. The van der Waals surface area contributed by atoms with Gasteiger partial charge in [0.2, 0.25) is 0 Å². The molecule has 0 aromatic heterocycles. The summed E-state index contributed by atoms with van der Waals surface area (Å²) in [7, 11) is 3.48. The summed E-state index contributed by atoms with van der Waals surface area (Å²) in [5.41, 5.74) is 1.41. The molecule has 9 nitrogen and oxygen atoms in total. The molecule has 0 unspecified atom stereocenters. The monoisotopic (exact) mass is 370 g/mol. The van der Waals surface area contributed by atoms with Gasteiger partial charge in [-0.05, 0) is 31.2 Å².